The minimum atomic E-state index is 0.415. The standard InChI is InChI=1S/C9H12N6O/c1-10-7-13-8(11-2)15-9(14-7)12-6-4-3-5-16-6/h3-5H,1-2H3,(H3,10,11,12,13,14,15). The molecule has 0 aliphatic carbocycles. The smallest absolute Gasteiger partial charge is 0.236 e. The van der Waals surface area contributed by atoms with Crippen LogP contribution in [0.5, 0.6) is 0 Å². The minimum absolute atomic E-state index is 0.415. The maximum absolute atomic E-state index is 5.13. The van der Waals surface area contributed by atoms with Crippen molar-refractivity contribution < 1.29 is 4.42 Å². The molecule has 0 saturated heterocycles. The fraction of sp³-hybridized carbons (Fsp3) is 0.222. The molecule has 3 N–H and O–H groups in total. The number of nitrogens with zero attached hydrogens (tertiary/aromatic N) is 3. The van der Waals surface area contributed by atoms with Crippen LogP contribution in [0, 0.1) is 0 Å². The highest BCUT2D eigenvalue weighted by atomic mass is 16.3. The molecular formula is C9H12N6O. The average Bonchev–Trinajstić information content (AvgIpc) is 2.81. The van der Waals surface area contributed by atoms with E-state index in [1.54, 1.807) is 32.5 Å². The predicted molar refractivity (Wildman–Crippen MR) is 60.9 cm³/mol. The third kappa shape index (κ3) is 2.19. The van der Waals surface area contributed by atoms with Gasteiger partial charge in [0, 0.05) is 20.2 Å². The van der Waals surface area contributed by atoms with Crippen molar-refractivity contribution in [3.63, 3.8) is 0 Å². The molecular weight excluding hydrogens is 208 g/mol. The second kappa shape index (κ2) is 4.47. The Balaban J connectivity index is 2.26. The molecule has 0 atom stereocenters. The normalized spacial score (nSPS) is 9.88. The Morgan fingerprint density at radius 1 is 1.00 bits per heavy atom. The van der Waals surface area contributed by atoms with Gasteiger partial charge in [-0.2, -0.15) is 15.0 Å². The first-order valence-electron chi connectivity index (χ1n) is 4.74. The lowest BCUT2D eigenvalue weighted by atomic mass is 10.6. The summed E-state index contributed by atoms with van der Waals surface area (Å²) in [6.07, 6.45) is 1.57. The monoisotopic (exact) mass is 220 g/mol. The summed E-state index contributed by atoms with van der Waals surface area (Å²) in [5.41, 5.74) is 0. The molecule has 0 aliphatic rings. The maximum atomic E-state index is 5.13. The Kier molecular flexibility index (Phi) is 2.86. The number of aromatic nitrogens is 3. The van der Waals surface area contributed by atoms with Gasteiger partial charge in [0.15, 0.2) is 5.88 Å². The van der Waals surface area contributed by atoms with Crippen LogP contribution in [-0.4, -0.2) is 29.0 Å². The van der Waals surface area contributed by atoms with Crippen LogP contribution in [0.2, 0.25) is 0 Å². The van der Waals surface area contributed by atoms with Gasteiger partial charge in [-0.25, -0.2) is 0 Å². The van der Waals surface area contributed by atoms with Crippen molar-refractivity contribution in [2.75, 3.05) is 30.0 Å². The van der Waals surface area contributed by atoms with E-state index in [-0.39, 0.29) is 0 Å². The van der Waals surface area contributed by atoms with E-state index in [0.717, 1.165) is 0 Å². The lowest BCUT2D eigenvalue weighted by molar-refractivity contribution is 0.584. The molecule has 2 aromatic rings. The summed E-state index contributed by atoms with van der Waals surface area (Å²) in [4.78, 5) is 12.3. The molecule has 0 fully saturated rings. The van der Waals surface area contributed by atoms with E-state index in [0.29, 0.717) is 23.7 Å². The van der Waals surface area contributed by atoms with Crippen LogP contribution >= 0.6 is 0 Å². The largest absolute Gasteiger partial charge is 0.449 e. The topological polar surface area (TPSA) is 87.9 Å². The molecule has 84 valence electrons. The Morgan fingerprint density at radius 3 is 2.12 bits per heavy atom. The first-order chi connectivity index (χ1) is 7.81. The van der Waals surface area contributed by atoms with Crippen LogP contribution in [0.4, 0.5) is 23.7 Å². The highest BCUT2D eigenvalue weighted by Gasteiger charge is 2.05. The van der Waals surface area contributed by atoms with Crippen molar-refractivity contribution >= 4 is 23.7 Å². The SMILES string of the molecule is CNc1nc(NC)nc(Nc2ccco2)n1. The number of hydrogen-bond acceptors (Lipinski definition) is 7. The van der Waals surface area contributed by atoms with Crippen molar-refractivity contribution in [1.82, 2.24) is 15.0 Å². The van der Waals surface area contributed by atoms with E-state index in [2.05, 4.69) is 30.9 Å². The molecule has 2 aromatic heterocycles. The van der Waals surface area contributed by atoms with Crippen molar-refractivity contribution in [3.05, 3.63) is 18.4 Å². The van der Waals surface area contributed by atoms with Gasteiger partial charge >= 0.3 is 0 Å². The van der Waals surface area contributed by atoms with E-state index in [1.807, 2.05) is 0 Å². The van der Waals surface area contributed by atoms with Gasteiger partial charge < -0.3 is 15.1 Å². The zero-order chi connectivity index (χ0) is 11.4. The Labute approximate surface area is 92.3 Å². The molecule has 7 nitrogen and oxygen atoms in total. The molecule has 0 aromatic carbocycles. The summed E-state index contributed by atoms with van der Waals surface area (Å²) >= 11 is 0. The number of anilines is 4. The second-order valence-corrected chi connectivity index (χ2v) is 2.91. The predicted octanol–water partition coefficient (Wildman–Crippen LogP) is 1.29. The minimum Gasteiger partial charge on any atom is -0.449 e. The molecule has 0 amide bonds. The fourth-order valence-corrected chi connectivity index (χ4v) is 1.12. The average molecular weight is 220 g/mol. The molecule has 0 spiro atoms. The second-order valence-electron chi connectivity index (χ2n) is 2.91. The molecule has 2 heterocycles. The van der Waals surface area contributed by atoms with Crippen molar-refractivity contribution in [2.24, 2.45) is 0 Å². The van der Waals surface area contributed by atoms with Gasteiger partial charge in [-0.3, -0.25) is 5.32 Å². The van der Waals surface area contributed by atoms with Crippen LogP contribution in [0.1, 0.15) is 0 Å². The van der Waals surface area contributed by atoms with E-state index in [4.69, 9.17) is 4.42 Å². The lowest BCUT2D eigenvalue weighted by Gasteiger charge is -2.06. The number of hydrogen-bond donors (Lipinski definition) is 3. The van der Waals surface area contributed by atoms with Gasteiger partial charge in [0.2, 0.25) is 17.8 Å². The van der Waals surface area contributed by atoms with Crippen LogP contribution in [0.15, 0.2) is 22.8 Å². The summed E-state index contributed by atoms with van der Waals surface area (Å²) < 4.78 is 5.13. The van der Waals surface area contributed by atoms with Gasteiger partial charge in [-0.15, -0.1) is 0 Å². The van der Waals surface area contributed by atoms with E-state index in [1.165, 1.54) is 0 Å². The maximum Gasteiger partial charge on any atom is 0.236 e. The quantitative estimate of drug-likeness (QED) is 0.715. The van der Waals surface area contributed by atoms with Gasteiger partial charge in [0.25, 0.3) is 0 Å². The van der Waals surface area contributed by atoms with Crippen molar-refractivity contribution in [1.29, 1.82) is 0 Å². The van der Waals surface area contributed by atoms with E-state index in [9.17, 15) is 0 Å². The molecule has 0 aliphatic heterocycles. The molecule has 2 rings (SSSR count). The Morgan fingerprint density at radius 2 is 1.62 bits per heavy atom. The molecule has 0 saturated carbocycles. The highest BCUT2D eigenvalue weighted by molar-refractivity contribution is 5.49. The molecule has 7 heteroatoms. The number of furan rings is 1. The molecule has 16 heavy (non-hydrogen) atoms. The summed E-state index contributed by atoms with van der Waals surface area (Å²) in [5.74, 6) is 1.95. The zero-order valence-corrected chi connectivity index (χ0v) is 8.98. The van der Waals surface area contributed by atoms with Gasteiger partial charge in [0.1, 0.15) is 0 Å². The van der Waals surface area contributed by atoms with Gasteiger partial charge in [-0.05, 0) is 6.07 Å². The van der Waals surface area contributed by atoms with Gasteiger partial charge in [0.05, 0.1) is 6.26 Å². The first-order valence-corrected chi connectivity index (χ1v) is 4.74. The highest BCUT2D eigenvalue weighted by Crippen LogP contribution is 2.15. The fourth-order valence-electron chi connectivity index (χ4n) is 1.12. The third-order valence-electron chi connectivity index (χ3n) is 1.84. The molecule has 0 unspecified atom stereocenters. The van der Waals surface area contributed by atoms with Crippen LogP contribution < -0.4 is 16.0 Å². The molecule has 0 bridgehead atoms. The molecule has 0 radical (unpaired) electrons. The van der Waals surface area contributed by atoms with Crippen molar-refractivity contribution in [2.45, 2.75) is 0 Å². The summed E-state index contributed by atoms with van der Waals surface area (Å²) in [6, 6.07) is 3.56. The van der Waals surface area contributed by atoms with Crippen molar-refractivity contribution in [3.8, 4) is 0 Å². The van der Waals surface area contributed by atoms with Crippen LogP contribution in [0.3, 0.4) is 0 Å². The summed E-state index contributed by atoms with van der Waals surface area (Å²) in [5, 5.41) is 8.62. The summed E-state index contributed by atoms with van der Waals surface area (Å²) in [7, 11) is 3.48. The first kappa shape index (κ1) is 10.2. The Hall–Kier alpha value is -2.31. The number of nitrogens with one attached hydrogen (secondary N) is 3. The lowest BCUT2D eigenvalue weighted by Crippen LogP contribution is -2.06. The van der Waals surface area contributed by atoms with Crippen LogP contribution in [-0.2, 0) is 0 Å². The summed E-state index contributed by atoms with van der Waals surface area (Å²) in [6.45, 7) is 0. The Bertz CT molecular complexity index is 433. The van der Waals surface area contributed by atoms with Crippen LogP contribution in [0.25, 0.3) is 0 Å². The zero-order valence-electron chi connectivity index (χ0n) is 8.98. The van der Waals surface area contributed by atoms with Gasteiger partial charge in [-0.1, -0.05) is 0 Å². The number of rotatable bonds is 4. The van der Waals surface area contributed by atoms with E-state index < -0.39 is 0 Å². The third-order valence-corrected chi connectivity index (χ3v) is 1.84. The van der Waals surface area contributed by atoms with E-state index >= 15 is 0 Å².